The lowest BCUT2D eigenvalue weighted by molar-refractivity contribution is -0.00567. The van der Waals surface area contributed by atoms with E-state index in [1.54, 1.807) is 12.1 Å². The van der Waals surface area contributed by atoms with Gasteiger partial charge in [0.25, 0.3) is 0 Å². The molecule has 0 aromatic heterocycles. The van der Waals surface area contributed by atoms with Crippen LogP contribution >= 0.6 is 0 Å². The van der Waals surface area contributed by atoms with Crippen LogP contribution in [0.2, 0.25) is 0 Å². The van der Waals surface area contributed by atoms with E-state index in [4.69, 9.17) is 14.9 Å². The van der Waals surface area contributed by atoms with Gasteiger partial charge in [-0.3, -0.25) is 0 Å². The second-order valence-electron chi connectivity index (χ2n) is 3.43. The van der Waals surface area contributed by atoms with Crippen molar-refractivity contribution in [2.75, 3.05) is 20.3 Å². The second-order valence-corrected chi connectivity index (χ2v) is 3.43. The fourth-order valence-corrected chi connectivity index (χ4v) is 1.30. The van der Waals surface area contributed by atoms with Gasteiger partial charge >= 0.3 is 11.9 Å². The van der Waals surface area contributed by atoms with Crippen molar-refractivity contribution < 1.29 is 29.3 Å². The Balaban J connectivity index is 2.95. The van der Waals surface area contributed by atoms with Gasteiger partial charge in [0.05, 0.1) is 31.5 Å². The third-order valence-electron chi connectivity index (χ3n) is 2.23. The molecular formula is C12H14O6. The average Bonchev–Trinajstić information content (AvgIpc) is 2.43. The summed E-state index contributed by atoms with van der Waals surface area (Å²) in [6.45, 7) is -0.995. The molecule has 2 N–H and O–H groups in total. The highest BCUT2D eigenvalue weighted by atomic mass is 16.6. The fourth-order valence-electron chi connectivity index (χ4n) is 1.30. The first-order valence-electron chi connectivity index (χ1n) is 5.24. The summed E-state index contributed by atoms with van der Waals surface area (Å²) in [6, 6.07) is 5.98. The Morgan fingerprint density at radius 3 is 2.06 bits per heavy atom. The first kappa shape index (κ1) is 14.1. The van der Waals surface area contributed by atoms with E-state index in [-0.39, 0.29) is 11.1 Å². The number of ether oxygens (including phenoxy) is 2. The fraction of sp³-hybridized carbons (Fsp3) is 0.333. The molecule has 1 aromatic carbocycles. The van der Waals surface area contributed by atoms with Gasteiger partial charge in [-0.15, -0.1) is 0 Å². The van der Waals surface area contributed by atoms with Gasteiger partial charge in [-0.05, 0) is 12.1 Å². The van der Waals surface area contributed by atoms with Gasteiger partial charge in [0.2, 0.25) is 0 Å². The molecule has 0 atom stereocenters. The number of hydrogen-bond donors (Lipinski definition) is 2. The molecule has 0 aliphatic carbocycles. The maximum Gasteiger partial charge on any atom is 0.339 e. The molecule has 0 heterocycles. The molecule has 0 fully saturated rings. The molecule has 18 heavy (non-hydrogen) atoms. The standard InChI is InChI=1S/C12H14O6/c1-17-11(15)9-4-2-3-5-10(9)12(16)18-8(6-13)7-14/h2-5,8,13-14H,6-7H2,1H3. The maximum absolute atomic E-state index is 11.8. The highest BCUT2D eigenvalue weighted by Gasteiger charge is 2.20. The van der Waals surface area contributed by atoms with Crippen LogP contribution in [0.25, 0.3) is 0 Å². The molecule has 0 aliphatic rings. The van der Waals surface area contributed by atoms with Crippen molar-refractivity contribution >= 4 is 11.9 Å². The number of methoxy groups -OCH3 is 1. The molecule has 6 nitrogen and oxygen atoms in total. The van der Waals surface area contributed by atoms with E-state index >= 15 is 0 Å². The molecule has 0 saturated carbocycles. The van der Waals surface area contributed by atoms with Crippen LogP contribution in [0.4, 0.5) is 0 Å². The van der Waals surface area contributed by atoms with E-state index in [9.17, 15) is 9.59 Å². The van der Waals surface area contributed by atoms with Crippen LogP contribution in [0, 0.1) is 0 Å². The van der Waals surface area contributed by atoms with Crippen LogP contribution in [0.3, 0.4) is 0 Å². The van der Waals surface area contributed by atoms with E-state index in [2.05, 4.69) is 4.74 Å². The quantitative estimate of drug-likeness (QED) is 0.717. The lowest BCUT2D eigenvalue weighted by atomic mass is 10.1. The lowest BCUT2D eigenvalue weighted by Gasteiger charge is -2.13. The van der Waals surface area contributed by atoms with Crippen LogP contribution in [-0.4, -0.2) is 48.6 Å². The Labute approximate surface area is 104 Å². The number of aliphatic hydroxyl groups is 2. The van der Waals surface area contributed by atoms with Gasteiger partial charge in [0.15, 0.2) is 0 Å². The molecular weight excluding hydrogens is 240 g/mol. The van der Waals surface area contributed by atoms with Gasteiger partial charge in [-0.1, -0.05) is 12.1 Å². The number of carbonyl (C=O) groups excluding carboxylic acids is 2. The summed E-state index contributed by atoms with van der Waals surface area (Å²) in [7, 11) is 1.20. The summed E-state index contributed by atoms with van der Waals surface area (Å²) >= 11 is 0. The summed E-state index contributed by atoms with van der Waals surface area (Å²) in [6.07, 6.45) is -1.01. The van der Waals surface area contributed by atoms with Crippen molar-refractivity contribution in [3.05, 3.63) is 35.4 Å². The van der Waals surface area contributed by atoms with Crippen molar-refractivity contribution in [2.45, 2.75) is 6.10 Å². The molecule has 1 aromatic rings. The molecule has 0 amide bonds. The molecule has 0 bridgehead atoms. The Morgan fingerprint density at radius 1 is 1.11 bits per heavy atom. The van der Waals surface area contributed by atoms with Crippen LogP contribution in [0.5, 0.6) is 0 Å². The van der Waals surface area contributed by atoms with E-state index in [0.717, 1.165) is 0 Å². The molecule has 98 valence electrons. The molecule has 0 spiro atoms. The summed E-state index contributed by atoms with van der Waals surface area (Å²) in [5.74, 6) is -1.46. The first-order chi connectivity index (χ1) is 8.63. The number of aliphatic hydroxyl groups excluding tert-OH is 2. The zero-order valence-corrected chi connectivity index (χ0v) is 9.83. The topological polar surface area (TPSA) is 93.1 Å². The monoisotopic (exact) mass is 254 g/mol. The Morgan fingerprint density at radius 2 is 1.61 bits per heavy atom. The summed E-state index contributed by atoms with van der Waals surface area (Å²) < 4.78 is 9.36. The molecule has 0 saturated heterocycles. The van der Waals surface area contributed by atoms with E-state index in [0.29, 0.717) is 0 Å². The predicted molar refractivity (Wildman–Crippen MR) is 61.2 cm³/mol. The molecule has 6 heteroatoms. The average molecular weight is 254 g/mol. The Bertz CT molecular complexity index is 424. The SMILES string of the molecule is COC(=O)c1ccccc1C(=O)OC(CO)CO. The smallest absolute Gasteiger partial charge is 0.339 e. The van der Waals surface area contributed by atoms with Crippen LogP contribution in [0.1, 0.15) is 20.7 Å². The summed E-state index contributed by atoms with van der Waals surface area (Å²) in [5, 5.41) is 17.6. The predicted octanol–water partition coefficient (Wildman–Crippen LogP) is -0.0168. The van der Waals surface area contributed by atoms with Crippen molar-refractivity contribution in [3.63, 3.8) is 0 Å². The normalized spacial score (nSPS) is 10.2. The zero-order chi connectivity index (χ0) is 13.5. The Kier molecular flexibility index (Phi) is 5.29. The molecule has 1 rings (SSSR count). The minimum absolute atomic E-state index is 0.0243. The number of esters is 2. The van der Waals surface area contributed by atoms with Crippen LogP contribution < -0.4 is 0 Å². The number of carbonyl (C=O) groups is 2. The van der Waals surface area contributed by atoms with Gasteiger partial charge in [-0.25, -0.2) is 9.59 Å². The summed E-state index contributed by atoms with van der Waals surface area (Å²) in [5.41, 5.74) is 0.0934. The zero-order valence-electron chi connectivity index (χ0n) is 9.83. The van der Waals surface area contributed by atoms with E-state index < -0.39 is 31.3 Å². The van der Waals surface area contributed by atoms with Crippen LogP contribution in [-0.2, 0) is 9.47 Å². The molecule has 0 radical (unpaired) electrons. The van der Waals surface area contributed by atoms with Crippen molar-refractivity contribution in [3.8, 4) is 0 Å². The first-order valence-corrected chi connectivity index (χ1v) is 5.24. The third-order valence-corrected chi connectivity index (χ3v) is 2.23. The van der Waals surface area contributed by atoms with E-state index in [1.165, 1.54) is 19.2 Å². The Hall–Kier alpha value is -1.92. The largest absolute Gasteiger partial charge is 0.465 e. The minimum atomic E-state index is -1.01. The maximum atomic E-state index is 11.8. The van der Waals surface area contributed by atoms with Gasteiger partial charge in [0, 0.05) is 0 Å². The van der Waals surface area contributed by atoms with Gasteiger partial charge in [-0.2, -0.15) is 0 Å². The van der Waals surface area contributed by atoms with Crippen molar-refractivity contribution in [1.29, 1.82) is 0 Å². The second kappa shape index (κ2) is 6.73. The lowest BCUT2D eigenvalue weighted by Crippen LogP contribution is -2.26. The van der Waals surface area contributed by atoms with Crippen molar-refractivity contribution in [2.24, 2.45) is 0 Å². The number of hydrogen-bond acceptors (Lipinski definition) is 6. The van der Waals surface area contributed by atoms with Crippen LogP contribution in [0.15, 0.2) is 24.3 Å². The highest BCUT2D eigenvalue weighted by Crippen LogP contribution is 2.12. The number of rotatable bonds is 5. The number of benzene rings is 1. The minimum Gasteiger partial charge on any atom is -0.465 e. The summed E-state index contributed by atoms with van der Waals surface area (Å²) in [4.78, 5) is 23.2. The van der Waals surface area contributed by atoms with Gasteiger partial charge in [0.1, 0.15) is 6.10 Å². The van der Waals surface area contributed by atoms with Crippen molar-refractivity contribution in [1.82, 2.24) is 0 Å². The molecule has 0 unspecified atom stereocenters. The van der Waals surface area contributed by atoms with Gasteiger partial charge < -0.3 is 19.7 Å². The van der Waals surface area contributed by atoms with E-state index in [1.807, 2.05) is 0 Å². The molecule has 0 aliphatic heterocycles. The highest BCUT2D eigenvalue weighted by molar-refractivity contribution is 6.03. The third kappa shape index (κ3) is 3.28.